The van der Waals surface area contributed by atoms with Crippen LogP contribution in [0.2, 0.25) is 0 Å². The Bertz CT molecular complexity index is 945. The monoisotopic (exact) mass is 339 g/mol. The third-order valence-corrected chi connectivity index (χ3v) is 5.88. The first kappa shape index (κ1) is 15.7. The average Bonchev–Trinajstić information content (AvgIpc) is 2.94. The molecule has 1 fully saturated rings. The van der Waals surface area contributed by atoms with Gasteiger partial charge in [0.2, 0.25) is 5.91 Å². The van der Waals surface area contributed by atoms with E-state index >= 15 is 0 Å². The summed E-state index contributed by atoms with van der Waals surface area (Å²) in [5, 5.41) is 7.00. The third-order valence-electron chi connectivity index (χ3n) is 3.98. The molecule has 124 valence electrons. The van der Waals surface area contributed by atoms with Crippen LogP contribution in [-0.4, -0.2) is 50.7 Å². The van der Waals surface area contributed by atoms with Crippen LogP contribution in [0.4, 0.5) is 0 Å². The number of aryl methyl sites for hydroxylation is 1. The maximum atomic E-state index is 12.3. The number of hydrogen-bond acceptors (Lipinski definition) is 6. The van der Waals surface area contributed by atoms with E-state index in [4.69, 9.17) is 0 Å². The fourth-order valence-corrected chi connectivity index (χ4v) is 4.91. The Morgan fingerprint density at radius 1 is 1.48 bits per heavy atom. The molecule has 1 N–H and O–H groups in total. The van der Waals surface area contributed by atoms with Gasteiger partial charge in [-0.15, -0.1) is 0 Å². The summed E-state index contributed by atoms with van der Waals surface area (Å²) < 4.78 is 25.8. The number of aromatic nitrogens is 4. The van der Waals surface area contributed by atoms with Gasteiger partial charge in [-0.25, -0.2) is 13.4 Å². The van der Waals surface area contributed by atoms with Crippen molar-refractivity contribution in [2.75, 3.05) is 11.5 Å². The van der Waals surface area contributed by atoms with E-state index in [2.05, 4.69) is 15.4 Å². The molecular formula is C13H17N5O4S. The Balaban J connectivity index is 1.79. The standard InChI is InChI=1S/C13H17N5O4S/c1-13(3-4-23(21,22)7-13)16-10(19)6-18-8-14-11-9(12(18)20)5-15-17(11)2/h5,8H,3-4,6-7H2,1-2H3,(H,16,19). The van der Waals surface area contributed by atoms with E-state index in [1.54, 1.807) is 14.0 Å². The van der Waals surface area contributed by atoms with E-state index in [0.29, 0.717) is 17.5 Å². The summed E-state index contributed by atoms with van der Waals surface area (Å²) in [6.45, 7) is 1.48. The van der Waals surface area contributed by atoms with Crippen molar-refractivity contribution >= 4 is 26.8 Å². The highest BCUT2D eigenvalue weighted by molar-refractivity contribution is 7.91. The first-order chi connectivity index (χ1) is 10.7. The largest absolute Gasteiger partial charge is 0.348 e. The molecule has 1 aliphatic heterocycles. The Morgan fingerprint density at radius 2 is 2.22 bits per heavy atom. The van der Waals surface area contributed by atoms with Gasteiger partial charge in [-0.3, -0.25) is 18.8 Å². The lowest BCUT2D eigenvalue weighted by Gasteiger charge is -2.24. The lowest BCUT2D eigenvalue weighted by molar-refractivity contribution is -0.123. The Hall–Kier alpha value is -2.23. The van der Waals surface area contributed by atoms with Crippen LogP contribution >= 0.6 is 0 Å². The zero-order valence-electron chi connectivity index (χ0n) is 12.8. The van der Waals surface area contributed by atoms with Gasteiger partial charge in [-0.2, -0.15) is 5.10 Å². The van der Waals surface area contributed by atoms with Gasteiger partial charge < -0.3 is 5.32 Å². The van der Waals surface area contributed by atoms with Crippen molar-refractivity contribution < 1.29 is 13.2 Å². The Kier molecular flexibility index (Phi) is 3.51. The number of rotatable bonds is 3. The molecule has 0 radical (unpaired) electrons. The van der Waals surface area contributed by atoms with Gasteiger partial charge in [0.05, 0.1) is 23.2 Å². The number of nitrogens with zero attached hydrogens (tertiary/aromatic N) is 4. The summed E-state index contributed by atoms with van der Waals surface area (Å²) in [6.07, 6.45) is 3.07. The lowest BCUT2D eigenvalue weighted by Crippen LogP contribution is -2.48. The molecule has 1 unspecified atom stereocenters. The van der Waals surface area contributed by atoms with Crippen molar-refractivity contribution in [2.24, 2.45) is 7.05 Å². The van der Waals surface area contributed by atoms with Gasteiger partial charge in [0.25, 0.3) is 5.56 Å². The number of hydrogen-bond donors (Lipinski definition) is 1. The lowest BCUT2D eigenvalue weighted by atomic mass is 10.0. The molecule has 1 aliphatic rings. The third kappa shape index (κ3) is 2.98. The van der Waals surface area contributed by atoms with E-state index in [1.165, 1.54) is 21.8 Å². The highest BCUT2D eigenvalue weighted by Crippen LogP contribution is 2.22. The van der Waals surface area contributed by atoms with Crippen LogP contribution < -0.4 is 10.9 Å². The number of amides is 1. The van der Waals surface area contributed by atoms with Crippen LogP contribution in [0, 0.1) is 0 Å². The minimum atomic E-state index is -3.11. The van der Waals surface area contributed by atoms with Crippen LogP contribution in [0.1, 0.15) is 13.3 Å². The second-order valence-corrected chi connectivity index (χ2v) is 8.32. The fraction of sp³-hybridized carbons (Fsp3) is 0.538. The van der Waals surface area contributed by atoms with Crippen LogP contribution in [0.15, 0.2) is 17.3 Å². The van der Waals surface area contributed by atoms with Crippen molar-refractivity contribution in [1.29, 1.82) is 0 Å². The smallest absolute Gasteiger partial charge is 0.264 e. The zero-order valence-corrected chi connectivity index (χ0v) is 13.6. The summed E-state index contributed by atoms with van der Waals surface area (Å²) in [4.78, 5) is 28.6. The molecule has 23 heavy (non-hydrogen) atoms. The molecule has 0 saturated carbocycles. The van der Waals surface area contributed by atoms with Crippen LogP contribution in [-0.2, 0) is 28.2 Å². The topological polar surface area (TPSA) is 116 Å². The molecule has 1 amide bonds. The minimum absolute atomic E-state index is 0.0624. The molecule has 0 bridgehead atoms. The van der Waals surface area contributed by atoms with Crippen LogP contribution in [0.5, 0.6) is 0 Å². The predicted molar refractivity (Wildman–Crippen MR) is 82.6 cm³/mol. The van der Waals surface area contributed by atoms with Crippen LogP contribution in [0.3, 0.4) is 0 Å². The zero-order chi connectivity index (χ0) is 16.8. The van der Waals surface area contributed by atoms with E-state index in [1.807, 2.05) is 0 Å². The van der Waals surface area contributed by atoms with Gasteiger partial charge >= 0.3 is 0 Å². The first-order valence-corrected chi connectivity index (χ1v) is 8.90. The summed E-state index contributed by atoms with van der Waals surface area (Å²) in [5.74, 6) is -0.440. The molecule has 0 aliphatic carbocycles. The minimum Gasteiger partial charge on any atom is -0.348 e. The number of sulfone groups is 1. The summed E-state index contributed by atoms with van der Waals surface area (Å²) in [6, 6.07) is 0. The van der Waals surface area contributed by atoms with Gasteiger partial charge in [0, 0.05) is 7.05 Å². The van der Waals surface area contributed by atoms with E-state index in [-0.39, 0.29) is 23.6 Å². The number of nitrogens with one attached hydrogen (secondary N) is 1. The van der Waals surface area contributed by atoms with Gasteiger partial charge in [0.1, 0.15) is 18.3 Å². The Morgan fingerprint density at radius 3 is 2.87 bits per heavy atom. The summed E-state index contributed by atoms with van der Waals surface area (Å²) in [7, 11) is -1.44. The van der Waals surface area contributed by atoms with Crippen molar-refractivity contribution in [1.82, 2.24) is 24.6 Å². The van der Waals surface area contributed by atoms with E-state index in [0.717, 1.165) is 0 Å². The molecule has 1 saturated heterocycles. The Labute approximate surface area is 132 Å². The molecule has 0 spiro atoms. The molecular weight excluding hydrogens is 322 g/mol. The number of carbonyl (C=O) groups excluding carboxylic acids is 1. The van der Waals surface area contributed by atoms with Crippen molar-refractivity contribution in [3.8, 4) is 0 Å². The molecule has 2 aromatic rings. The molecule has 9 nitrogen and oxygen atoms in total. The highest BCUT2D eigenvalue weighted by atomic mass is 32.2. The maximum absolute atomic E-state index is 12.3. The molecule has 3 rings (SSSR count). The van der Waals surface area contributed by atoms with Gasteiger partial charge in [0.15, 0.2) is 15.5 Å². The molecule has 10 heteroatoms. The fourth-order valence-electron chi connectivity index (χ4n) is 2.82. The van der Waals surface area contributed by atoms with Gasteiger partial charge in [-0.05, 0) is 13.3 Å². The van der Waals surface area contributed by atoms with Gasteiger partial charge in [-0.1, -0.05) is 0 Å². The van der Waals surface area contributed by atoms with E-state index < -0.39 is 21.3 Å². The first-order valence-electron chi connectivity index (χ1n) is 7.08. The molecule has 0 aromatic carbocycles. The predicted octanol–water partition coefficient (Wildman–Crippen LogP) is -1.18. The normalized spacial score (nSPS) is 23.2. The SMILES string of the molecule is Cn1ncc2c(=O)n(CC(=O)NC3(C)CCS(=O)(=O)C3)cnc21. The second kappa shape index (κ2) is 5.15. The van der Waals surface area contributed by atoms with E-state index in [9.17, 15) is 18.0 Å². The average molecular weight is 339 g/mol. The summed E-state index contributed by atoms with van der Waals surface area (Å²) >= 11 is 0. The van der Waals surface area contributed by atoms with Crippen molar-refractivity contribution in [2.45, 2.75) is 25.4 Å². The molecule has 1 atom stereocenters. The maximum Gasteiger partial charge on any atom is 0.264 e. The molecule has 2 aromatic heterocycles. The van der Waals surface area contributed by atoms with Crippen molar-refractivity contribution in [3.05, 3.63) is 22.9 Å². The highest BCUT2D eigenvalue weighted by Gasteiger charge is 2.39. The van der Waals surface area contributed by atoms with Crippen molar-refractivity contribution in [3.63, 3.8) is 0 Å². The van der Waals surface area contributed by atoms with Crippen LogP contribution in [0.25, 0.3) is 11.0 Å². The molecule has 3 heterocycles. The number of fused-ring (bicyclic) bond motifs is 1. The quantitative estimate of drug-likeness (QED) is 0.753. The number of carbonyl (C=O) groups is 1. The summed E-state index contributed by atoms with van der Waals surface area (Å²) in [5.41, 5.74) is -0.700. The second-order valence-electron chi connectivity index (χ2n) is 6.13.